The van der Waals surface area contributed by atoms with Gasteiger partial charge in [0.2, 0.25) is 5.91 Å². The van der Waals surface area contributed by atoms with Crippen LogP contribution < -0.4 is 11.1 Å². The molecule has 1 amide bonds. The Balaban J connectivity index is 3.58. The molecule has 0 radical (unpaired) electrons. The van der Waals surface area contributed by atoms with Crippen LogP contribution in [0.15, 0.2) is 0 Å². The summed E-state index contributed by atoms with van der Waals surface area (Å²) in [4.78, 5) is 11.4. The van der Waals surface area contributed by atoms with Crippen LogP contribution >= 0.6 is 11.8 Å². The fourth-order valence-electron chi connectivity index (χ4n) is 1.01. The number of carbonyl (C=O) groups is 1. The van der Waals surface area contributed by atoms with Crippen LogP contribution in [0.5, 0.6) is 0 Å². The Kier molecular flexibility index (Phi) is 6.96. The van der Waals surface area contributed by atoms with Crippen molar-refractivity contribution in [1.82, 2.24) is 5.32 Å². The van der Waals surface area contributed by atoms with E-state index < -0.39 is 0 Å². The van der Waals surface area contributed by atoms with E-state index in [1.54, 1.807) is 18.9 Å². The van der Waals surface area contributed by atoms with Crippen molar-refractivity contribution in [2.45, 2.75) is 32.4 Å². The zero-order chi connectivity index (χ0) is 11.9. The summed E-state index contributed by atoms with van der Waals surface area (Å²) in [6.07, 6.45) is 0. The summed E-state index contributed by atoms with van der Waals surface area (Å²) in [6.45, 7) is 6.36. The molecule has 0 saturated carbocycles. The van der Waals surface area contributed by atoms with Gasteiger partial charge in [0.25, 0.3) is 0 Å². The number of hydrogen-bond donors (Lipinski definition) is 2. The molecule has 0 fully saturated rings. The van der Waals surface area contributed by atoms with Gasteiger partial charge in [-0.25, -0.2) is 0 Å². The molecule has 15 heavy (non-hydrogen) atoms. The van der Waals surface area contributed by atoms with Crippen LogP contribution in [0.2, 0.25) is 0 Å². The average Bonchev–Trinajstić information content (AvgIpc) is 2.01. The van der Waals surface area contributed by atoms with Gasteiger partial charge in [-0.1, -0.05) is 0 Å². The van der Waals surface area contributed by atoms with Gasteiger partial charge in [-0.3, -0.25) is 4.79 Å². The van der Waals surface area contributed by atoms with Crippen molar-refractivity contribution in [1.29, 1.82) is 0 Å². The van der Waals surface area contributed by atoms with Gasteiger partial charge in [-0.05, 0) is 20.8 Å². The molecule has 0 aromatic rings. The molecule has 1 atom stereocenters. The van der Waals surface area contributed by atoms with Crippen molar-refractivity contribution in [3.63, 3.8) is 0 Å². The van der Waals surface area contributed by atoms with Crippen LogP contribution in [0, 0.1) is 0 Å². The van der Waals surface area contributed by atoms with E-state index in [1.807, 2.05) is 20.8 Å². The van der Waals surface area contributed by atoms with Gasteiger partial charge in [-0.15, -0.1) is 0 Å². The molecule has 0 heterocycles. The standard InChI is InChI=1S/C10H22N2O2S/c1-8(5-14-4)12-9(13)6-15-7-10(2,3)11/h8H,5-7,11H2,1-4H3,(H,12,13). The van der Waals surface area contributed by atoms with Crippen molar-refractivity contribution in [2.24, 2.45) is 5.73 Å². The number of methoxy groups -OCH3 is 1. The summed E-state index contributed by atoms with van der Waals surface area (Å²) < 4.78 is 4.92. The van der Waals surface area contributed by atoms with Crippen molar-refractivity contribution in [3.05, 3.63) is 0 Å². The second-order valence-corrected chi connectivity index (χ2v) is 5.39. The number of hydrogen-bond acceptors (Lipinski definition) is 4. The van der Waals surface area contributed by atoms with E-state index in [0.717, 1.165) is 5.75 Å². The maximum atomic E-state index is 11.4. The molecule has 4 nitrogen and oxygen atoms in total. The molecule has 0 aromatic heterocycles. The number of ether oxygens (including phenoxy) is 1. The highest BCUT2D eigenvalue weighted by atomic mass is 32.2. The Hall–Kier alpha value is -0.260. The maximum Gasteiger partial charge on any atom is 0.230 e. The third-order valence-electron chi connectivity index (χ3n) is 1.53. The summed E-state index contributed by atoms with van der Waals surface area (Å²) in [7, 11) is 1.62. The Morgan fingerprint density at radius 2 is 2.20 bits per heavy atom. The predicted molar refractivity (Wildman–Crippen MR) is 65.1 cm³/mol. The van der Waals surface area contributed by atoms with Gasteiger partial charge >= 0.3 is 0 Å². The second kappa shape index (κ2) is 7.09. The summed E-state index contributed by atoms with van der Waals surface area (Å²) in [6, 6.07) is 0.0639. The first kappa shape index (κ1) is 14.7. The molecule has 0 spiro atoms. The second-order valence-electron chi connectivity index (χ2n) is 4.41. The molecule has 0 rings (SSSR count). The molecule has 1 unspecified atom stereocenters. The van der Waals surface area contributed by atoms with E-state index in [-0.39, 0.29) is 17.5 Å². The van der Waals surface area contributed by atoms with Gasteiger partial charge in [0.1, 0.15) is 0 Å². The van der Waals surface area contributed by atoms with E-state index in [1.165, 1.54) is 0 Å². The van der Waals surface area contributed by atoms with Crippen LogP contribution in [0.3, 0.4) is 0 Å². The first-order valence-corrected chi connectivity index (χ1v) is 6.15. The number of rotatable bonds is 7. The number of nitrogens with two attached hydrogens (primary N) is 1. The normalized spacial score (nSPS) is 13.7. The molecule has 0 aliphatic heterocycles. The van der Waals surface area contributed by atoms with Crippen LogP contribution in [-0.2, 0) is 9.53 Å². The van der Waals surface area contributed by atoms with Crippen LogP contribution in [-0.4, -0.2) is 42.7 Å². The third kappa shape index (κ3) is 10.0. The molecule has 0 aliphatic carbocycles. The van der Waals surface area contributed by atoms with Crippen molar-refractivity contribution in [3.8, 4) is 0 Å². The van der Waals surface area contributed by atoms with E-state index in [4.69, 9.17) is 10.5 Å². The van der Waals surface area contributed by atoms with Crippen molar-refractivity contribution in [2.75, 3.05) is 25.2 Å². The minimum absolute atomic E-state index is 0.0359. The molecule has 0 aromatic carbocycles. The lowest BCUT2D eigenvalue weighted by molar-refractivity contribution is -0.119. The van der Waals surface area contributed by atoms with Crippen LogP contribution in [0.25, 0.3) is 0 Å². The fraction of sp³-hybridized carbons (Fsp3) is 0.900. The predicted octanol–water partition coefficient (Wildman–Crippen LogP) is 0.608. The first-order chi connectivity index (χ1) is 6.85. The van der Waals surface area contributed by atoms with E-state index in [9.17, 15) is 4.79 Å². The Morgan fingerprint density at radius 1 is 1.60 bits per heavy atom. The third-order valence-corrected chi connectivity index (χ3v) is 2.95. The van der Waals surface area contributed by atoms with Crippen molar-refractivity contribution >= 4 is 17.7 Å². The lowest BCUT2D eigenvalue weighted by Gasteiger charge is -2.18. The smallest absolute Gasteiger partial charge is 0.230 e. The molecule has 0 bridgehead atoms. The van der Waals surface area contributed by atoms with Gasteiger partial charge in [-0.2, -0.15) is 11.8 Å². The summed E-state index contributed by atoms with van der Waals surface area (Å²) >= 11 is 1.55. The minimum Gasteiger partial charge on any atom is -0.383 e. The highest BCUT2D eigenvalue weighted by Gasteiger charge is 2.12. The molecule has 0 aliphatic rings. The van der Waals surface area contributed by atoms with Crippen LogP contribution in [0.4, 0.5) is 0 Å². The quantitative estimate of drug-likeness (QED) is 0.677. The lowest BCUT2D eigenvalue weighted by atomic mass is 10.1. The van der Waals surface area contributed by atoms with E-state index in [2.05, 4.69) is 5.32 Å². The van der Waals surface area contributed by atoms with E-state index >= 15 is 0 Å². The largest absolute Gasteiger partial charge is 0.383 e. The number of carbonyl (C=O) groups excluding carboxylic acids is 1. The molecule has 0 saturated heterocycles. The first-order valence-electron chi connectivity index (χ1n) is 5.00. The lowest BCUT2D eigenvalue weighted by Crippen LogP contribution is -2.38. The topological polar surface area (TPSA) is 64.3 Å². The SMILES string of the molecule is COCC(C)NC(=O)CSCC(C)(C)N. The minimum atomic E-state index is -0.219. The van der Waals surface area contributed by atoms with E-state index in [0.29, 0.717) is 12.4 Å². The molecule has 3 N–H and O–H groups in total. The Bertz CT molecular complexity index is 192. The van der Waals surface area contributed by atoms with Gasteiger partial charge in [0.05, 0.1) is 12.4 Å². The zero-order valence-electron chi connectivity index (χ0n) is 10.0. The number of nitrogens with one attached hydrogen (secondary N) is 1. The fourth-order valence-corrected chi connectivity index (χ4v) is 1.91. The molecule has 5 heteroatoms. The highest BCUT2D eigenvalue weighted by Crippen LogP contribution is 2.09. The van der Waals surface area contributed by atoms with Gasteiger partial charge in [0.15, 0.2) is 0 Å². The Morgan fingerprint density at radius 3 is 2.67 bits per heavy atom. The van der Waals surface area contributed by atoms with Crippen LogP contribution in [0.1, 0.15) is 20.8 Å². The highest BCUT2D eigenvalue weighted by molar-refractivity contribution is 8.00. The summed E-state index contributed by atoms with van der Waals surface area (Å²) in [5, 5.41) is 2.84. The number of thioether (sulfide) groups is 1. The Labute approximate surface area is 96.3 Å². The summed E-state index contributed by atoms with van der Waals surface area (Å²) in [5.41, 5.74) is 5.58. The maximum absolute atomic E-state index is 11.4. The monoisotopic (exact) mass is 234 g/mol. The molecular weight excluding hydrogens is 212 g/mol. The zero-order valence-corrected chi connectivity index (χ0v) is 10.8. The molecular formula is C10H22N2O2S. The average molecular weight is 234 g/mol. The number of amides is 1. The van der Waals surface area contributed by atoms with Gasteiger partial charge in [0, 0.05) is 24.4 Å². The van der Waals surface area contributed by atoms with Crippen molar-refractivity contribution < 1.29 is 9.53 Å². The summed E-state index contributed by atoms with van der Waals surface area (Å²) in [5.74, 6) is 1.27. The van der Waals surface area contributed by atoms with Gasteiger partial charge < -0.3 is 15.8 Å². The molecule has 90 valence electrons.